The van der Waals surface area contributed by atoms with Crippen molar-refractivity contribution < 1.29 is 24.2 Å². The lowest BCUT2D eigenvalue weighted by molar-refractivity contribution is -0.151. The van der Waals surface area contributed by atoms with Crippen LogP contribution in [-0.4, -0.2) is 35.2 Å². The predicted octanol–water partition coefficient (Wildman–Crippen LogP) is 1.80. The van der Waals surface area contributed by atoms with E-state index in [2.05, 4.69) is 0 Å². The summed E-state index contributed by atoms with van der Waals surface area (Å²) in [7, 11) is 0. The van der Waals surface area contributed by atoms with Crippen molar-refractivity contribution in [3.8, 4) is 11.5 Å². The van der Waals surface area contributed by atoms with Gasteiger partial charge in [0, 0.05) is 13.0 Å². The van der Waals surface area contributed by atoms with Crippen LogP contribution in [0.2, 0.25) is 0 Å². The molecule has 2 heterocycles. The van der Waals surface area contributed by atoms with E-state index in [1.165, 1.54) is 0 Å². The van der Waals surface area contributed by atoms with Gasteiger partial charge in [-0.1, -0.05) is 6.07 Å². The molecular formula is C15H17NO5. The Morgan fingerprint density at radius 2 is 2.14 bits per heavy atom. The van der Waals surface area contributed by atoms with Gasteiger partial charge in [0.15, 0.2) is 11.5 Å². The van der Waals surface area contributed by atoms with E-state index in [1.54, 1.807) is 17.0 Å². The number of hydrogen-bond donors (Lipinski definition) is 1. The number of rotatable bonds is 3. The molecule has 6 nitrogen and oxygen atoms in total. The Morgan fingerprint density at radius 1 is 1.38 bits per heavy atom. The molecule has 0 spiro atoms. The molecule has 1 saturated heterocycles. The summed E-state index contributed by atoms with van der Waals surface area (Å²) in [6.45, 7) is 2.52. The third-order valence-electron chi connectivity index (χ3n) is 4.10. The van der Waals surface area contributed by atoms with Gasteiger partial charge in [0.05, 0.1) is 12.0 Å². The molecule has 21 heavy (non-hydrogen) atoms. The summed E-state index contributed by atoms with van der Waals surface area (Å²) in [4.78, 5) is 25.3. The van der Waals surface area contributed by atoms with Gasteiger partial charge in [-0.25, -0.2) is 0 Å². The second-order valence-electron chi connectivity index (χ2n) is 5.22. The van der Waals surface area contributed by atoms with Crippen molar-refractivity contribution in [2.75, 3.05) is 13.3 Å². The second kappa shape index (κ2) is 5.27. The fourth-order valence-electron chi connectivity index (χ4n) is 3.09. The Balaban J connectivity index is 2.01. The van der Waals surface area contributed by atoms with Crippen molar-refractivity contribution in [3.63, 3.8) is 0 Å². The zero-order valence-corrected chi connectivity index (χ0v) is 11.7. The van der Waals surface area contributed by atoms with E-state index in [0.717, 1.165) is 5.56 Å². The maximum absolute atomic E-state index is 12.1. The molecule has 0 aliphatic carbocycles. The molecule has 6 heteroatoms. The average Bonchev–Trinajstić information content (AvgIpc) is 2.93. The molecule has 1 fully saturated rings. The molecule has 2 aliphatic rings. The fourth-order valence-corrected chi connectivity index (χ4v) is 3.09. The molecule has 1 N–H and O–H groups in total. The Kier molecular flexibility index (Phi) is 3.45. The van der Waals surface area contributed by atoms with Gasteiger partial charge in [-0.2, -0.15) is 0 Å². The smallest absolute Gasteiger partial charge is 0.308 e. The lowest BCUT2D eigenvalue weighted by atomic mass is 9.84. The zero-order chi connectivity index (χ0) is 15.0. The lowest BCUT2D eigenvalue weighted by Gasteiger charge is -2.39. The number of carbonyl (C=O) groups excluding carboxylic acids is 1. The van der Waals surface area contributed by atoms with E-state index in [1.807, 2.05) is 13.0 Å². The molecule has 112 valence electrons. The third-order valence-corrected chi connectivity index (χ3v) is 4.10. The first-order valence-electron chi connectivity index (χ1n) is 7.03. The quantitative estimate of drug-likeness (QED) is 0.919. The Bertz CT molecular complexity index is 583. The molecule has 0 radical (unpaired) electrons. The SMILES string of the molecule is CCN1C(=O)CC[C@H](C(=O)O)[C@@H]1c1ccc2c(c1)OCO2. The Morgan fingerprint density at radius 3 is 2.86 bits per heavy atom. The molecule has 1 amide bonds. The molecule has 0 bridgehead atoms. The maximum atomic E-state index is 12.1. The summed E-state index contributed by atoms with van der Waals surface area (Å²) in [6.07, 6.45) is 0.648. The summed E-state index contributed by atoms with van der Waals surface area (Å²) in [5.74, 6) is -0.217. The van der Waals surface area contributed by atoms with Crippen LogP contribution in [-0.2, 0) is 9.59 Å². The molecule has 3 rings (SSSR count). The number of ether oxygens (including phenoxy) is 2. The van der Waals surface area contributed by atoms with Crippen LogP contribution in [0, 0.1) is 5.92 Å². The van der Waals surface area contributed by atoms with E-state index < -0.39 is 17.9 Å². The third kappa shape index (κ3) is 2.30. The van der Waals surface area contributed by atoms with Crippen molar-refractivity contribution in [2.45, 2.75) is 25.8 Å². The van der Waals surface area contributed by atoms with Crippen LogP contribution in [0.4, 0.5) is 0 Å². The minimum Gasteiger partial charge on any atom is -0.481 e. The van der Waals surface area contributed by atoms with E-state index in [0.29, 0.717) is 24.5 Å². The molecule has 2 atom stereocenters. The van der Waals surface area contributed by atoms with Crippen molar-refractivity contribution in [1.82, 2.24) is 4.90 Å². The number of carboxylic acid groups (broad SMARTS) is 1. The van der Waals surface area contributed by atoms with Gasteiger partial charge in [0.1, 0.15) is 0 Å². The van der Waals surface area contributed by atoms with E-state index in [4.69, 9.17) is 9.47 Å². The number of nitrogens with zero attached hydrogens (tertiary/aromatic N) is 1. The maximum Gasteiger partial charge on any atom is 0.308 e. The van der Waals surface area contributed by atoms with Gasteiger partial charge in [0.2, 0.25) is 12.7 Å². The van der Waals surface area contributed by atoms with E-state index >= 15 is 0 Å². The molecule has 0 saturated carbocycles. The highest BCUT2D eigenvalue weighted by atomic mass is 16.7. The van der Waals surface area contributed by atoms with Crippen molar-refractivity contribution in [3.05, 3.63) is 23.8 Å². The predicted molar refractivity (Wildman–Crippen MR) is 73.1 cm³/mol. The number of benzene rings is 1. The van der Waals surface area contributed by atoms with Crippen LogP contribution >= 0.6 is 0 Å². The monoisotopic (exact) mass is 291 g/mol. The topological polar surface area (TPSA) is 76.1 Å². The summed E-state index contributed by atoms with van der Waals surface area (Å²) < 4.78 is 10.6. The number of fused-ring (bicyclic) bond motifs is 1. The zero-order valence-electron chi connectivity index (χ0n) is 11.7. The van der Waals surface area contributed by atoms with Gasteiger partial charge in [-0.3, -0.25) is 9.59 Å². The highest BCUT2D eigenvalue weighted by molar-refractivity contribution is 5.81. The molecule has 1 aromatic rings. The number of aliphatic carboxylic acids is 1. The molecule has 2 aliphatic heterocycles. The Labute approximate surface area is 122 Å². The number of likely N-dealkylation sites (tertiary alicyclic amines) is 1. The van der Waals surface area contributed by atoms with Crippen LogP contribution in [0.3, 0.4) is 0 Å². The number of piperidine rings is 1. The summed E-state index contributed by atoms with van der Waals surface area (Å²) in [5, 5.41) is 9.47. The van der Waals surface area contributed by atoms with Crippen LogP contribution in [0.1, 0.15) is 31.4 Å². The first-order chi connectivity index (χ1) is 10.1. The highest BCUT2D eigenvalue weighted by Crippen LogP contribution is 2.41. The van der Waals surface area contributed by atoms with Crippen molar-refractivity contribution >= 4 is 11.9 Å². The number of hydrogen-bond acceptors (Lipinski definition) is 4. The fraction of sp³-hybridized carbons (Fsp3) is 0.467. The van der Waals surface area contributed by atoms with Crippen LogP contribution in [0.15, 0.2) is 18.2 Å². The molecule has 0 unspecified atom stereocenters. The van der Waals surface area contributed by atoms with Gasteiger partial charge in [-0.15, -0.1) is 0 Å². The summed E-state index contributed by atoms with van der Waals surface area (Å²) in [5.41, 5.74) is 0.779. The summed E-state index contributed by atoms with van der Waals surface area (Å²) in [6, 6.07) is 4.91. The van der Waals surface area contributed by atoms with Gasteiger partial charge >= 0.3 is 5.97 Å². The first-order valence-corrected chi connectivity index (χ1v) is 7.03. The van der Waals surface area contributed by atoms with Crippen LogP contribution < -0.4 is 9.47 Å². The molecular weight excluding hydrogens is 274 g/mol. The molecule has 0 aromatic heterocycles. The highest BCUT2D eigenvalue weighted by Gasteiger charge is 2.40. The normalized spacial score (nSPS) is 24.2. The van der Waals surface area contributed by atoms with Crippen LogP contribution in [0.5, 0.6) is 11.5 Å². The van der Waals surface area contributed by atoms with Gasteiger partial charge in [-0.05, 0) is 31.0 Å². The minimum absolute atomic E-state index is 0.00216. The second-order valence-corrected chi connectivity index (χ2v) is 5.22. The van der Waals surface area contributed by atoms with Crippen molar-refractivity contribution in [1.29, 1.82) is 0 Å². The number of carbonyl (C=O) groups is 2. The van der Waals surface area contributed by atoms with Gasteiger partial charge < -0.3 is 19.5 Å². The van der Waals surface area contributed by atoms with Gasteiger partial charge in [0.25, 0.3) is 0 Å². The number of carboxylic acids is 1. The lowest BCUT2D eigenvalue weighted by Crippen LogP contribution is -2.45. The standard InChI is InChI=1S/C15H17NO5/c1-2-16-13(17)6-4-10(15(18)19)14(16)9-3-5-11-12(7-9)21-8-20-11/h3,5,7,10,14H,2,4,6,8H2,1H3,(H,18,19)/t10-,14-/m0/s1. The first kappa shape index (κ1) is 13.7. The van der Waals surface area contributed by atoms with Crippen LogP contribution in [0.25, 0.3) is 0 Å². The molecule has 1 aromatic carbocycles. The number of amides is 1. The van der Waals surface area contributed by atoms with E-state index in [9.17, 15) is 14.7 Å². The summed E-state index contributed by atoms with van der Waals surface area (Å²) >= 11 is 0. The largest absolute Gasteiger partial charge is 0.481 e. The van der Waals surface area contributed by atoms with E-state index in [-0.39, 0.29) is 19.1 Å². The average molecular weight is 291 g/mol. The minimum atomic E-state index is -0.872. The van der Waals surface area contributed by atoms with Crippen molar-refractivity contribution in [2.24, 2.45) is 5.92 Å². The Hall–Kier alpha value is -2.24.